The maximum atomic E-state index is 12.9. The van der Waals surface area contributed by atoms with Gasteiger partial charge in [0.2, 0.25) is 0 Å². The van der Waals surface area contributed by atoms with Gasteiger partial charge in [-0.15, -0.1) is 0 Å². The first kappa shape index (κ1) is 15.9. The molecule has 1 heterocycles. The zero-order valence-electron chi connectivity index (χ0n) is 11.4. The molecule has 116 valence electrons. The molecule has 2 aromatic carbocycles. The molecule has 0 saturated carbocycles. The van der Waals surface area contributed by atoms with Crippen molar-refractivity contribution in [2.24, 2.45) is 0 Å². The molecule has 0 fully saturated rings. The van der Waals surface area contributed by atoms with E-state index in [2.05, 4.69) is 37.2 Å². The smallest absolute Gasteiger partial charge is 0.349 e. The third kappa shape index (κ3) is 3.35. The molecule has 0 aliphatic carbocycles. The lowest BCUT2D eigenvalue weighted by Crippen LogP contribution is -2.20. The number of fused-ring (bicyclic) bond motifs is 1. The van der Waals surface area contributed by atoms with Crippen molar-refractivity contribution in [3.8, 4) is 0 Å². The Morgan fingerprint density at radius 2 is 1.78 bits per heavy atom. The Morgan fingerprint density at radius 3 is 2.48 bits per heavy atom. The molecule has 0 bridgehead atoms. The van der Waals surface area contributed by atoms with Crippen LogP contribution in [0.2, 0.25) is 0 Å². The lowest BCUT2D eigenvalue weighted by atomic mass is 10.1. The maximum Gasteiger partial charge on any atom is 0.349 e. The number of hydrogen-bond acceptors (Lipinski definition) is 3. The number of carbonyl (C=O) groups excluding carboxylic acids is 1. The molecule has 1 N–H and O–H groups in total. The molecule has 1 amide bonds. The van der Waals surface area contributed by atoms with Crippen LogP contribution in [-0.2, 0) is 0 Å². The van der Waals surface area contributed by atoms with Crippen LogP contribution in [0, 0.1) is 5.82 Å². The predicted octanol–water partition coefficient (Wildman–Crippen LogP) is 4.71. The van der Waals surface area contributed by atoms with Crippen LogP contribution in [-0.4, -0.2) is 5.91 Å². The number of carbonyl (C=O) groups is 1. The molecule has 0 unspecified atom stereocenters. The van der Waals surface area contributed by atoms with E-state index in [1.165, 1.54) is 30.3 Å². The van der Waals surface area contributed by atoms with Crippen LogP contribution in [0.15, 0.2) is 60.6 Å². The van der Waals surface area contributed by atoms with E-state index in [0.29, 0.717) is 21.1 Å². The van der Waals surface area contributed by atoms with Crippen molar-refractivity contribution in [3.05, 3.63) is 73.2 Å². The first-order valence-electron chi connectivity index (χ1n) is 6.44. The quantitative estimate of drug-likeness (QED) is 0.587. The number of amides is 1. The number of anilines is 1. The van der Waals surface area contributed by atoms with E-state index in [0.717, 1.165) is 4.47 Å². The predicted molar refractivity (Wildman–Crippen MR) is 92.2 cm³/mol. The molecular formula is C16H8Br2FNO3. The molecule has 3 rings (SSSR count). The first-order valence-corrected chi connectivity index (χ1v) is 8.02. The van der Waals surface area contributed by atoms with Crippen molar-refractivity contribution in [2.45, 2.75) is 0 Å². The number of rotatable bonds is 2. The van der Waals surface area contributed by atoms with Gasteiger partial charge in [0.15, 0.2) is 5.58 Å². The van der Waals surface area contributed by atoms with E-state index in [4.69, 9.17) is 4.42 Å². The SMILES string of the molecule is O=C(Nc1ccc(F)cc1)c1cc2cc(Br)cc(Br)c2oc1=O. The van der Waals surface area contributed by atoms with Gasteiger partial charge in [-0.2, -0.15) is 0 Å². The molecule has 0 radical (unpaired) electrons. The molecule has 3 aromatic rings. The fourth-order valence-electron chi connectivity index (χ4n) is 2.05. The van der Waals surface area contributed by atoms with Gasteiger partial charge in [-0.3, -0.25) is 4.79 Å². The Balaban J connectivity index is 2.01. The third-order valence-electron chi connectivity index (χ3n) is 3.10. The molecular weight excluding hydrogens is 433 g/mol. The van der Waals surface area contributed by atoms with E-state index < -0.39 is 17.3 Å². The molecule has 7 heteroatoms. The molecule has 0 saturated heterocycles. The lowest BCUT2D eigenvalue weighted by molar-refractivity contribution is 0.102. The average Bonchev–Trinajstić information content (AvgIpc) is 2.50. The highest BCUT2D eigenvalue weighted by molar-refractivity contribution is 9.11. The van der Waals surface area contributed by atoms with E-state index in [1.807, 2.05) is 0 Å². The minimum absolute atomic E-state index is 0.133. The third-order valence-corrected chi connectivity index (χ3v) is 4.15. The van der Waals surface area contributed by atoms with Crippen LogP contribution in [0.1, 0.15) is 10.4 Å². The topological polar surface area (TPSA) is 59.3 Å². The van der Waals surface area contributed by atoms with Gasteiger partial charge in [0, 0.05) is 15.5 Å². The molecule has 0 atom stereocenters. The molecule has 23 heavy (non-hydrogen) atoms. The highest BCUT2D eigenvalue weighted by Crippen LogP contribution is 2.28. The lowest BCUT2D eigenvalue weighted by Gasteiger charge is -2.06. The van der Waals surface area contributed by atoms with Gasteiger partial charge >= 0.3 is 5.63 Å². The van der Waals surface area contributed by atoms with Crippen molar-refractivity contribution in [1.82, 2.24) is 0 Å². The Bertz CT molecular complexity index is 967. The van der Waals surface area contributed by atoms with Gasteiger partial charge in [-0.05, 0) is 58.4 Å². The average molecular weight is 441 g/mol. The zero-order valence-corrected chi connectivity index (χ0v) is 14.6. The second kappa shape index (κ2) is 6.25. The van der Waals surface area contributed by atoms with Gasteiger partial charge in [0.05, 0.1) is 4.47 Å². The van der Waals surface area contributed by atoms with Gasteiger partial charge in [-0.1, -0.05) is 15.9 Å². The second-order valence-electron chi connectivity index (χ2n) is 4.71. The van der Waals surface area contributed by atoms with Crippen LogP contribution in [0.25, 0.3) is 11.0 Å². The Hall–Kier alpha value is -1.99. The minimum Gasteiger partial charge on any atom is -0.421 e. The second-order valence-corrected chi connectivity index (χ2v) is 6.48. The molecule has 4 nitrogen and oxygen atoms in total. The molecule has 0 aliphatic heterocycles. The van der Waals surface area contributed by atoms with E-state index in [-0.39, 0.29) is 5.56 Å². The number of hydrogen-bond donors (Lipinski definition) is 1. The molecule has 1 aromatic heterocycles. The van der Waals surface area contributed by atoms with Gasteiger partial charge < -0.3 is 9.73 Å². The van der Waals surface area contributed by atoms with Gasteiger partial charge in [0.25, 0.3) is 5.91 Å². The molecule has 0 spiro atoms. The summed E-state index contributed by atoms with van der Waals surface area (Å²) in [5, 5.41) is 3.12. The summed E-state index contributed by atoms with van der Waals surface area (Å²) in [5.41, 5.74) is -0.144. The van der Waals surface area contributed by atoms with Gasteiger partial charge in [-0.25, -0.2) is 9.18 Å². The van der Waals surface area contributed by atoms with Crippen LogP contribution in [0.5, 0.6) is 0 Å². The summed E-state index contributed by atoms with van der Waals surface area (Å²) < 4.78 is 19.5. The largest absolute Gasteiger partial charge is 0.421 e. The molecule has 0 aliphatic rings. The Kier molecular flexibility index (Phi) is 4.32. The van der Waals surface area contributed by atoms with E-state index in [1.54, 1.807) is 12.1 Å². The highest BCUT2D eigenvalue weighted by Gasteiger charge is 2.15. The number of benzene rings is 2. The van der Waals surface area contributed by atoms with Crippen LogP contribution < -0.4 is 10.9 Å². The van der Waals surface area contributed by atoms with Crippen LogP contribution in [0.4, 0.5) is 10.1 Å². The first-order chi connectivity index (χ1) is 10.9. The summed E-state index contributed by atoms with van der Waals surface area (Å²) >= 11 is 6.64. The fraction of sp³-hybridized carbons (Fsp3) is 0. The van der Waals surface area contributed by atoms with Crippen molar-refractivity contribution < 1.29 is 13.6 Å². The normalized spacial score (nSPS) is 10.7. The summed E-state index contributed by atoms with van der Waals surface area (Å²) in [6.45, 7) is 0. The highest BCUT2D eigenvalue weighted by atomic mass is 79.9. The van der Waals surface area contributed by atoms with E-state index >= 15 is 0 Å². The van der Waals surface area contributed by atoms with Crippen LogP contribution >= 0.6 is 31.9 Å². The summed E-state index contributed by atoms with van der Waals surface area (Å²) in [6.07, 6.45) is 0. The van der Waals surface area contributed by atoms with Crippen LogP contribution in [0.3, 0.4) is 0 Å². The number of halogens is 3. The fourth-order valence-corrected chi connectivity index (χ4v) is 3.39. The maximum absolute atomic E-state index is 12.9. The summed E-state index contributed by atoms with van der Waals surface area (Å²) in [5.74, 6) is -1.04. The standard InChI is InChI=1S/C16H8Br2FNO3/c17-9-5-8-6-12(16(22)23-14(8)13(18)7-9)15(21)20-11-3-1-10(19)2-4-11/h1-7H,(H,20,21). The van der Waals surface area contributed by atoms with Gasteiger partial charge in [0.1, 0.15) is 11.4 Å². The summed E-state index contributed by atoms with van der Waals surface area (Å²) in [6, 6.07) is 10.2. The van der Waals surface area contributed by atoms with Crippen molar-refractivity contribution in [2.75, 3.05) is 5.32 Å². The Labute approximate surface area is 146 Å². The minimum atomic E-state index is -0.750. The monoisotopic (exact) mass is 439 g/mol. The van der Waals surface area contributed by atoms with Crippen molar-refractivity contribution in [3.63, 3.8) is 0 Å². The Morgan fingerprint density at radius 1 is 1.09 bits per heavy atom. The summed E-state index contributed by atoms with van der Waals surface area (Å²) in [4.78, 5) is 24.3. The zero-order chi connectivity index (χ0) is 16.6. The number of nitrogens with one attached hydrogen (secondary N) is 1. The van der Waals surface area contributed by atoms with Crippen molar-refractivity contribution in [1.29, 1.82) is 0 Å². The van der Waals surface area contributed by atoms with E-state index in [9.17, 15) is 14.0 Å². The summed E-state index contributed by atoms with van der Waals surface area (Å²) in [7, 11) is 0. The van der Waals surface area contributed by atoms with Crippen molar-refractivity contribution >= 4 is 54.4 Å².